The Morgan fingerprint density at radius 3 is 2.73 bits per heavy atom. The first-order chi connectivity index (χ1) is 7.11. The van der Waals surface area contributed by atoms with Gasteiger partial charge < -0.3 is 0 Å². The fraction of sp³-hybridized carbons (Fsp3) is 0.538. The maximum absolute atomic E-state index is 5.95. The van der Waals surface area contributed by atoms with Crippen LogP contribution in [0.2, 0.25) is 5.02 Å². The van der Waals surface area contributed by atoms with E-state index in [1.54, 1.807) is 0 Å². The van der Waals surface area contributed by atoms with Crippen LogP contribution in [-0.4, -0.2) is 4.83 Å². The molecule has 0 aromatic heterocycles. The Labute approximate surface area is 106 Å². The monoisotopic (exact) mass is 288 g/mol. The van der Waals surface area contributed by atoms with Crippen LogP contribution in [0.15, 0.2) is 24.3 Å². The predicted octanol–water partition coefficient (Wildman–Crippen LogP) is 5.08. The van der Waals surface area contributed by atoms with Gasteiger partial charge in [-0.15, -0.1) is 0 Å². The number of halogens is 2. The summed E-state index contributed by atoms with van der Waals surface area (Å²) in [5, 5.41) is 0.829. The smallest absolute Gasteiger partial charge is 0.0408 e. The second kappa shape index (κ2) is 6.55. The minimum Gasteiger partial charge on any atom is -0.0887 e. The van der Waals surface area contributed by atoms with E-state index in [9.17, 15) is 0 Å². The first-order valence-electron chi connectivity index (χ1n) is 5.50. The van der Waals surface area contributed by atoms with E-state index in [0.29, 0.717) is 4.83 Å². The molecular formula is C13H18BrCl. The third kappa shape index (κ3) is 5.03. The third-order valence-corrected chi connectivity index (χ3v) is 3.63. The number of benzene rings is 1. The molecule has 1 rings (SSSR count). The van der Waals surface area contributed by atoms with Gasteiger partial charge in [-0.05, 0) is 36.5 Å². The van der Waals surface area contributed by atoms with E-state index >= 15 is 0 Å². The van der Waals surface area contributed by atoms with Crippen LogP contribution in [0.3, 0.4) is 0 Å². The number of hydrogen-bond donors (Lipinski definition) is 0. The van der Waals surface area contributed by atoms with Crippen molar-refractivity contribution in [1.82, 2.24) is 0 Å². The van der Waals surface area contributed by atoms with E-state index in [4.69, 9.17) is 11.6 Å². The average molecular weight is 290 g/mol. The summed E-state index contributed by atoms with van der Waals surface area (Å²) in [7, 11) is 0. The molecule has 0 N–H and O–H groups in total. The van der Waals surface area contributed by atoms with Crippen LogP contribution in [0, 0.1) is 5.92 Å². The molecule has 15 heavy (non-hydrogen) atoms. The van der Waals surface area contributed by atoms with Crippen LogP contribution < -0.4 is 0 Å². The first kappa shape index (κ1) is 13.1. The van der Waals surface area contributed by atoms with Crippen LogP contribution in [0.5, 0.6) is 0 Å². The largest absolute Gasteiger partial charge is 0.0887 e. The van der Waals surface area contributed by atoms with Crippen LogP contribution in [0.25, 0.3) is 0 Å². The Bertz CT molecular complexity index is 298. The summed E-state index contributed by atoms with van der Waals surface area (Å²) in [5.41, 5.74) is 1.31. The van der Waals surface area contributed by atoms with Gasteiger partial charge >= 0.3 is 0 Å². The topological polar surface area (TPSA) is 0 Å². The Morgan fingerprint density at radius 2 is 2.13 bits per heavy atom. The molecule has 84 valence electrons. The Balaban J connectivity index is 2.47. The summed E-state index contributed by atoms with van der Waals surface area (Å²) in [6.07, 6.45) is 3.53. The maximum atomic E-state index is 5.95. The lowest BCUT2D eigenvalue weighted by Crippen LogP contribution is -2.07. The summed E-state index contributed by atoms with van der Waals surface area (Å²) in [6.45, 7) is 4.54. The maximum Gasteiger partial charge on any atom is 0.0408 e. The molecule has 0 heterocycles. The highest BCUT2D eigenvalue weighted by Gasteiger charge is 2.09. The Hall–Kier alpha value is -0.0100. The van der Waals surface area contributed by atoms with Gasteiger partial charge in [0.15, 0.2) is 0 Å². The molecule has 0 fully saturated rings. The molecule has 0 saturated heterocycles. The van der Waals surface area contributed by atoms with E-state index in [2.05, 4.69) is 35.8 Å². The first-order valence-corrected chi connectivity index (χ1v) is 6.79. The van der Waals surface area contributed by atoms with Gasteiger partial charge in [-0.3, -0.25) is 0 Å². The van der Waals surface area contributed by atoms with Gasteiger partial charge in [0, 0.05) is 9.85 Å². The average Bonchev–Trinajstić information content (AvgIpc) is 2.17. The molecule has 0 radical (unpaired) electrons. The van der Waals surface area contributed by atoms with Crippen LogP contribution >= 0.6 is 27.5 Å². The van der Waals surface area contributed by atoms with Gasteiger partial charge in [-0.1, -0.05) is 59.9 Å². The summed E-state index contributed by atoms with van der Waals surface area (Å²) in [6, 6.07) is 8.12. The quantitative estimate of drug-likeness (QED) is 0.663. The number of rotatable bonds is 5. The minimum atomic E-state index is 0.561. The van der Waals surface area contributed by atoms with Gasteiger partial charge in [0.1, 0.15) is 0 Å². The molecule has 0 nitrogen and oxygen atoms in total. The molecule has 0 saturated carbocycles. The van der Waals surface area contributed by atoms with E-state index in [1.807, 2.05) is 18.2 Å². The molecule has 1 aromatic carbocycles. The molecule has 0 aliphatic heterocycles. The van der Waals surface area contributed by atoms with Crippen molar-refractivity contribution in [2.24, 2.45) is 5.92 Å². The van der Waals surface area contributed by atoms with Crippen molar-refractivity contribution in [3.8, 4) is 0 Å². The standard InChI is InChI=1S/C13H18BrCl/c1-3-10(2)7-12(14)8-11-5-4-6-13(15)9-11/h4-6,9-10,12H,3,7-8H2,1-2H3. The molecule has 0 aliphatic rings. The lowest BCUT2D eigenvalue weighted by atomic mass is 9.99. The molecule has 1 aromatic rings. The molecule has 0 spiro atoms. The van der Waals surface area contributed by atoms with Crippen molar-refractivity contribution in [2.45, 2.75) is 37.9 Å². The van der Waals surface area contributed by atoms with Crippen molar-refractivity contribution < 1.29 is 0 Å². The zero-order valence-electron chi connectivity index (χ0n) is 9.34. The fourth-order valence-electron chi connectivity index (χ4n) is 1.61. The van der Waals surface area contributed by atoms with E-state index in [0.717, 1.165) is 17.4 Å². The summed E-state index contributed by atoms with van der Waals surface area (Å²) in [4.78, 5) is 0.561. The van der Waals surface area contributed by atoms with Gasteiger partial charge in [0.25, 0.3) is 0 Å². The zero-order valence-corrected chi connectivity index (χ0v) is 11.7. The lowest BCUT2D eigenvalue weighted by Gasteiger charge is -2.14. The minimum absolute atomic E-state index is 0.561. The van der Waals surface area contributed by atoms with Crippen LogP contribution in [-0.2, 0) is 6.42 Å². The molecule has 0 bridgehead atoms. The molecular weight excluding hydrogens is 271 g/mol. The van der Waals surface area contributed by atoms with Crippen LogP contribution in [0.1, 0.15) is 32.3 Å². The van der Waals surface area contributed by atoms with Crippen molar-refractivity contribution in [3.05, 3.63) is 34.9 Å². The van der Waals surface area contributed by atoms with E-state index in [1.165, 1.54) is 18.4 Å². The third-order valence-electron chi connectivity index (χ3n) is 2.70. The fourth-order valence-corrected chi connectivity index (χ4v) is 2.83. The SMILES string of the molecule is CCC(C)CC(Br)Cc1cccc(Cl)c1. The van der Waals surface area contributed by atoms with Crippen molar-refractivity contribution in [2.75, 3.05) is 0 Å². The summed E-state index contributed by atoms with van der Waals surface area (Å²) >= 11 is 9.68. The molecule has 2 atom stereocenters. The summed E-state index contributed by atoms with van der Waals surface area (Å²) < 4.78 is 0. The van der Waals surface area contributed by atoms with Crippen molar-refractivity contribution >= 4 is 27.5 Å². The second-order valence-electron chi connectivity index (χ2n) is 4.18. The highest BCUT2D eigenvalue weighted by Crippen LogP contribution is 2.21. The summed E-state index contributed by atoms with van der Waals surface area (Å²) in [5.74, 6) is 0.786. The van der Waals surface area contributed by atoms with Crippen molar-refractivity contribution in [3.63, 3.8) is 0 Å². The molecule has 2 heteroatoms. The van der Waals surface area contributed by atoms with E-state index in [-0.39, 0.29) is 0 Å². The van der Waals surface area contributed by atoms with Gasteiger partial charge in [0.05, 0.1) is 0 Å². The van der Waals surface area contributed by atoms with Crippen molar-refractivity contribution in [1.29, 1.82) is 0 Å². The lowest BCUT2D eigenvalue weighted by molar-refractivity contribution is 0.507. The van der Waals surface area contributed by atoms with Gasteiger partial charge in [0.2, 0.25) is 0 Å². The predicted molar refractivity (Wildman–Crippen MR) is 71.9 cm³/mol. The Morgan fingerprint density at radius 1 is 1.40 bits per heavy atom. The van der Waals surface area contributed by atoms with Gasteiger partial charge in [-0.2, -0.15) is 0 Å². The zero-order chi connectivity index (χ0) is 11.3. The molecule has 2 unspecified atom stereocenters. The highest BCUT2D eigenvalue weighted by atomic mass is 79.9. The number of hydrogen-bond acceptors (Lipinski definition) is 0. The normalized spacial score (nSPS) is 14.9. The van der Waals surface area contributed by atoms with Gasteiger partial charge in [-0.25, -0.2) is 0 Å². The highest BCUT2D eigenvalue weighted by molar-refractivity contribution is 9.09. The van der Waals surface area contributed by atoms with E-state index < -0.39 is 0 Å². The molecule has 0 aliphatic carbocycles. The molecule has 0 amide bonds. The van der Waals surface area contributed by atoms with Crippen LogP contribution in [0.4, 0.5) is 0 Å². The number of alkyl halides is 1. The second-order valence-corrected chi connectivity index (χ2v) is 5.91. The Kier molecular flexibility index (Phi) is 5.70.